The van der Waals surface area contributed by atoms with E-state index < -0.39 is 0 Å². The molecule has 1 aliphatic rings. The summed E-state index contributed by atoms with van der Waals surface area (Å²) in [5.41, 5.74) is 10.2. The molecule has 150 valence electrons. The molecular weight excluding hydrogens is 352 g/mol. The molecule has 1 aliphatic carbocycles. The van der Waals surface area contributed by atoms with Crippen LogP contribution in [0.3, 0.4) is 0 Å². The average Bonchev–Trinajstić information content (AvgIpc) is 3.01. The van der Waals surface area contributed by atoms with Gasteiger partial charge in [0.05, 0.1) is 0 Å². The van der Waals surface area contributed by atoms with Crippen LogP contribution in [0, 0.1) is 0 Å². The molecule has 0 fully saturated rings. The van der Waals surface area contributed by atoms with Crippen LogP contribution in [0.4, 0.5) is 0 Å². The molecule has 29 heavy (non-hydrogen) atoms. The Morgan fingerprint density at radius 3 is 1.97 bits per heavy atom. The molecule has 0 unspecified atom stereocenters. The van der Waals surface area contributed by atoms with Crippen LogP contribution in [0.15, 0.2) is 54.6 Å². The van der Waals surface area contributed by atoms with Crippen LogP contribution in [0.25, 0.3) is 11.1 Å². The number of phenolic OH excluding ortho intramolecular Hbond substituents is 1. The topological polar surface area (TPSA) is 20.2 Å². The third-order valence-corrected chi connectivity index (χ3v) is 6.13. The maximum absolute atomic E-state index is 11.0. The third kappa shape index (κ3) is 3.59. The molecule has 0 saturated heterocycles. The number of aromatic hydroxyl groups is 1. The van der Waals surface area contributed by atoms with E-state index >= 15 is 0 Å². The minimum Gasteiger partial charge on any atom is -0.507 e. The van der Waals surface area contributed by atoms with E-state index in [1.807, 2.05) is 0 Å². The fourth-order valence-electron chi connectivity index (χ4n) is 4.55. The first kappa shape index (κ1) is 19.8. The summed E-state index contributed by atoms with van der Waals surface area (Å²) >= 11 is 0. The monoisotopic (exact) mass is 384 g/mol. The van der Waals surface area contributed by atoms with Crippen molar-refractivity contribution < 1.29 is 5.11 Å². The Kier molecular flexibility index (Phi) is 4.61. The molecule has 4 rings (SSSR count). The molecule has 0 atom stereocenters. The lowest BCUT2D eigenvalue weighted by Gasteiger charge is -2.28. The summed E-state index contributed by atoms with van der Waals surface area (Å²) in [6.45, 7) is 13.1. The third-order valence-electron chi connectivity index (χ3n) is 6.13. The summed E-state index contributed by atoms with van der Waals surface area (Å²) in [6, 6.07) is 19.9. The second-order valence-electron chi connectivity index (χ2n) is 10.5. The first-order valence-corrected chi connectivity index (χ1v) is 10.6. The van der Waals surface area contributed by atoms with Crippen molar-refractivity contribution in [2.24, 2.45) is 0 Å². The average molecular weight is 385 g/mol. The van der Waals surface area contributed by atoms with Gasteiger partial charge < -0.3 is 5.11 Å². The van der Waals surface area contributed by atoms with Gasteiger partial charge in [0.15, 0.2) is 0 Å². The maximum atomic E-state index is 11.0. The first-order valence-electron chi connectivity index (χ1n) is 10.6. The van der Waals surface area contributed by atoms with Crippen LogP contribution in [0.5, 0.6) is 5.75 Å². The van der Waals surface area contributed by atoms with Crippen molar-refractivity contribution >= 4 is 0 Å². The van der Waals surface area contributed by atoms with Crippen molar-refractivity contribution in [1.29, 1.82) is 0 Å². The Labute approximate surface area is 175 Å². The first-order chi connectivity index (χ1) is 13.6. The lowest BCUT2D eigenvalue weighted by molar-refractivity contribution is 0.423. The van der Waals surface area contributed by atoms with Gasteiger partial charge in [-0.1, -0.05) is 96.1 Å². The highest BCUT2D eigenvalue weighted by molar-refractivity contribution is 5.78. The zero-order valence-corrected chi connectivity index (χ0v) is 18.6. The maximum Gasteiger partial charge on any atom is 0.123 e. The molecule has 0 aromatic heterocycles. The fraction of sp³-hybridized carbons (Fsp3) is 0.357. The van der Waals surface area contributed by atoms with Gasteiger partial charge in [-0.2, -0.15) is 0 Å². The molecule has 0 heterocycles. The largest absolute Gasteiger partial charge is 0.507 e. The molecule has 0 aliphatic heterocycles. The number of rotatable bonds is 2. The van der Waals surface area contributed by atoms with E-state index in [1.54, 1.807) is 0 Å². The van der Waals surface area contributed by atoms with Crippen LogP contribution in [-0.4, -0.2) is 5.11 Å². The standard InChI is InChI=1S/C28H32O/c1-27(2,3)24-15-18(16-25(26(24)29)28(4,5)6)14-19-11-9-13-22-21-12-8-7-10-20(21)17-23(19)22/h7-13,15-16,29H,14,17H2,1-6H3. The van der Waals surface area contributed by atoms with Crippen LogP contribution in [0.2, 0.25) is 0 Å². The van der Waals surface area contributed by atoms with E-state index in [2.05, 4.69) is 96.1 Å². The zero-order valence-electron chi connectivity index (χ0n) is 18.6. The van der Waals surface area contributed by atoms with Gasteiger partial charge in [-0.25, -0.2) is 0 Å². The van der Waals surface area contributed by atoms with Crippen molar-refractivity contribution in [3.8, 4) is 16.9 Å². The van der Waals surface area contributed by atoms with Gasteiger partial charge in [0.2, 0.25) is 0 Å². The van der Waals surface area contributed by atoms with Gasteiger partial charge in [-0.05, 0) is 68.2 Å². The summed E-state index contributed by atoms with van der Waals surface area (Å²) in [6.07, 6.45) is 1.90. The van der Waals surface area contributed by atoms with E-state index in [4.69, 9.17) is 0 Å². The van der Waals surface area contributed by atoms with Crippen LogP contribution >= 0.6 is 0 Å². The number of benzene rings is 3. The second kappa shape index (κ2) is 6.76. The Morgan fingerprint density at radius 2 is 1.34 bits per heavy atom. The van der Waals surface area contributed by atoms with E-state index in [1.165, 1.54) is 33.4 Å². The minimum atomic E-state index is -0.102. The smallest absolute Gasteiger partial charge is 0.123 e. The number of fused-ring (bicyclic) bond motifs is 3. The summed E-state index contributed by atoms with van der Waals surface area (Å²) in [5.74, 6) is 0.458. The molecule has 1 N–H and O–H groups in total. The van der Waals surface area contributed by atoms with Crippen LogP contribution in [-0.2, 0) is 23.7 Å². The van der Waals surface area contributed by atoms with E-state index in [0.717, 1.165) is 24.0 Å². The van der Waals surface area contributed by atoms with Gasteiger partial charge in [0, 0.05) is 0 Å². The summed E-state index contributed by atoms with van der Waals surface area (Å²) in [4.78, 5) is 0. The van der Waals surface area contributed by atoms with E-state index in [9.17, 15) is 5.11 Å². The Balaban J connectivity index is 1.81. The summed E-state index contributed by atoms with van der Waals surface area (Å²) < 4.78 is 0. The predicted octanol–water partition coefficient (Wildman–Crippen LogP) is 7.15. The SMILES string of the molecule is CC(C)(C)c1cc(Cc2cccc3c2Cc2ccccc2-3)cc(C(C)(C)C)c1O. The molecule has 0 bridgehead atoms. The van der Waals surface area contributed by atoms with Crippen molar-refractivity contribution in [2.75, 3.05) is 0 Å². The van der Waals surface area contributed by atoms with E-state index in [0.29, 0.717) is 5.75 Å². The fourth-order valence-corrected chi connectivity index (χ4v) is 4.55. The molecule has 0 saturated carbocycles. The molecule has 1 heteroatoms. The molecule has 0 spiro atoms. The normalized spacial score (nSPS) is 13.3. The van der Waals surface area contributed by atoms with Crippen LogP contribution < -0.4 is 0 Å². The molecule has 0 amide bonds. The number of hydrogen-bond acceptors (Lipinski definition) is 1. The lowest BCUT2D eigenvalue weighted by Crippen LogP contribution is -2.18. The van der Waals surface area contributed by atoms with Crippen molar-refractivity contribution in [3.63, 3.8) is 0 Å². The predicted molar refractivity (Wildman–Crippen MR) is 123 cm³/mol. The van der Waals surface area contributed by atoms with Crippen molar-refractivity contribution in [2.45, 2.75) is 65.2 Å². The Bertz CT molecular complexity index is 1040. The van der Waals surface area contributed by atoms with Gasteiger partial charge >= 0.3 is 0 Å². The van der Waals surface area contributed by atoms with Gasteiger partial charge in [-0.15, -0.1) is 0 Å². The van der Waals surface area contributed by atoms with Gasteiger partial charge in [0.1, 0.15) is 5.75 Å². The van der Waals surface area contributed by atoms with Crippen molar-refractivity contribution in [1.82, 2.24) is 0 Å². The highest BCUT2D eigenvalue weighted by Gasteiger charge is 2.27. The van der Waals surface area contributed by atoms with Crippen molar-refractivity contribution in [3.05, 3.63) is 88.0 Å². The second-order valence-corrected chi connectivity index (χ2v) is 10.5. The molecule has 3 aromatic carbocycles. The minimum absolute atomic E-state index is 0.102. The Hall–Kier alpha value is -2.54. The summed E-state index contributed by atoms with van der Waals surface area (Å²) in [5, 5.41) is 11.0. The van der Waals surface area contributed by atoms with Crippen LogP contribution in [0.1, 0.15) is 74.9 Å². The quantitative estimate of drug-likeness (QED) is 0.389. The summed E-state index contributed by atoms with van der Waals surface area (Å²) in [7, 11) is 0. The molecular formula is C28H32O. The van der Waals surface area contributed by atoms with Gasteiger partial charge in [-0.3, -0.25) is 0 Å². The Morgan fingerprint density at radius 1 is 0.759 bits per heavy atom. The number of phenols is 1. The molecule has 0 radical (unpaired) electrons. The zero-order chi connectivity index (χ0) is 21.0. The highest BCUT2D eigenvalue weighted by Crippen LogP contribution is 2.42. The van der Waals surface area contributed by atoms with E-state index in [-0.39, 0.29) is 10.8 Å². The molecule has 3 aromatic rings. The number of hydrogen-bond donors (Lipinski definition) is 1. The van der Waals surface area contributed by atoms with Gasteiger partial charge in [0.25, 0.3) is 0 Å². The highest BCUT2D eigenvalue weighted by atomic mass is 16.3. The lowest BCUT2D eigenvalue weighted by atomic mass is 9.77. The molecule has 1 nitrogen and oxygen atoms in total.